The minimum absolute atomic E-state index is 0.0470. The lowest BCUT2D eigenvalue weighted by Gasteiger charge is -2.27. The van der Waals surface area contributed by atoms with E-state index in [1.807, 2.05) is 12.1 Å². The molecule has 1 aliphatic carbocycles. The Bertz CT molecular complexity index is 762. The van der Waals surface area contributed by atoms with Gasteiger partial charge in [-0.2, -0.15) is 0 Å². The topological polar surface area (TPSA) is 47.0 Å². The minimum Gasteiger partial charge on any atom is -0.495 e. The molecule has 1 fully saturated rings. The summed E-state index contributed by atoms with van der Waals surface area (Å²) in [5.74, 6) is 0.627. The van der Waals surface area contributed by atoms with Crippen molar-refractivity contribution >= 4 is 39.1 Å². The smallest absolute Gasteiger partial charge is 0.263 e. The van der Waals surface area contributed by atoms with Crippen molar-refractivity contribution in [3.8, 4) is 5.75 Å². The Morgan fingerprint density at radius 1 is 1.47 bits per heavy atom. The van der Waals surface area contributed by atoms with Crippen LogP contribution in [-0.4, -0.2) is 16.7 Å². The summed E-state index contributed by atoms with van der Waals surface area (Å²) < 4.78 is 8.21. The molecule has 2 aromatic rings. The van der Waals surface area contributed by atoms with E-state index in [0.717, 1.165) is 23.7 Å². The van der Waals surface area contributed by atoms with Gasteiger partial charge >= 0.3 is 0 Å². The molecular formula is C13H13BrN2O2S. The van der Waals surface area contributed by atoms with Crippen LogP contribution in [0.2, 0.25) is 0 Å². The van der Waals surface area contributed by atoms with Crippen molar-refractivity contribution in [3.05, 3.63) is 31.7 Å². The van der Waals surface area contributed by atoms with Gasteiger partial charge in [-0.05, 0) is 59.5 Å². The maximum absolute atomic E-state index is 12.7. The lowest BCUT2D eigenvalue weighted by molar-refractivity contribution is 0.302. The first-order valence-electron chi connectivity index (χ1n) is 6.14. The number of nitrogens with zero attached hydrogens (tertiary/aromatic N) is 1. The van der Waals surface area contributed by atoms with E-state index < -0.39 is 0 Å². The third kappa shape index (κ3) is 1.94. The average molecular weight is 341 g/mol. The van der Waals surface area contributed by atoms with Gasteiger partial charge < -0.3 is 9.72 Å². The molecule has 0 unspecified atom stereocenters. The molecule has 6 heteroatoms. The number of hydrogen-bond acceptors (Lipinski definition) is 3. The van der Waals surface area contributed by atoms with Crippen LogP contribution in [0.1, 0.15) is 25.3 Å². The first-order valence-corrected chi connectivity index (χ1v) is 7.34. The summed E-state index contributed by atoms with van der Waals surface area (Å²) in [6.07, 6.45) is 3.19. The lowest BCUT2D eigenvalue weighted by Crippen LogP contribution is -2.30. The summed E-state index contributed by atoms with van der Waals surface area (Å²) in [6.45, 7) is 0. The second kappa shape index (κ2) is 4.76. The van der Waals surface area contributed by atoms with Crippen LogP contribution < -0.4 is 10.3 Å². The first kappa shape index (κ1) is 12.9. The highest BCUT2D eigenvalue weighted by Gasteiger charge is 2.23. The molecule has 1 N–H and O–H groups in total. The van der Waals surface area contributed by atoms with Gasteiger partial charge in [0.15, 0.2) is 4.77 Å². The summed E-state index contributed by atoms with van der Waals surface area (Å²) in [7, 11) is 1.58. The molecule has 100 valence electrons. The molecule has 3 rings (SSSR count). The third-order valence-corrected chi connectivity index (χ3v) is 4.62. The number of hydrogen-bond donors (Lipinski definition) is 1. The fourth-order valence-corrected chi connectivity index (χ4v) is 3.25. The van der Waals surface area contributed by atoms with Gasteiger partial charge in [-0.1, -0.05) is 0 Å². The Balaban J connectivity index is 2.41. The Labute approximate surface area is 123 Å². The van der Waals surface area contributed by atoms with Crippen LogP contribution in [0.3, 0.4) is 0 Å². The van der Waals surface area contributed by atoms with E-state index in [-0.39, 0.29) is 11.6 Å². The van der Waals surface area contributed by atoms with Gasteiger partial charge in [-0.25, -0.2) is 0 Å². The predicted octanol–water partition coefficient (Wildman–Crippen LogP) is 3.56. The highest BCUT2D eigenvalue weighted by Crippen LogP contribution is 2.33. The number of aromatic amines is 1. The van der Waals surface area contributed by atoms with Crippen LogP contribution >= 0.6 is 28.1 Å². The molecule has 0 aliphatic heterocycles. The summed E-state index contributed by atoms with van der Waals surface area (Å²) in [5, 5.41) is 0.597. The molecule has 1 aliphatic rings. The second-order valence-corrected chi connectivity index (χ2v) is 5.93. The van der Waals surface area contributed by atoms with Crippen LogP contribution in [-0.2, 0) is 0 Å². The minimum atomic E-state index is -0.0470. The van der Waals surface area contributed by atoms with Crippen molar-refractivity contribution in [2.45, 2.75) is 25.3 Å². The molecule has 1 aromatic carbocycles. The van der Waals surface area contributed by atoms with E-state index in [1.165, 1.54) is 0 Å². The number of halogens is 1. The number of methoxy groups -OCH3 is 1. The van der Waals surface area contributed by atoms with Gasteiger partial charge in [0.2, 0.25) is 0 Å². The zero-order valence-electron chi connectivity index (χ0n) is 10.4. The van der Waals surface area contributed by atoms with E-state index >= 15 is 0 Å². The Morgan fingerprint density at radius 3 is 2.79 bits per heavy atom. The molecule has 4 nitrogen and oxygen atoms in total. The lowest BCUT2D eigenvalue weighted by atomic mass is 9.93. The van der Waals surface area contributed by atoms with Crippen molar-refractivity contribution < 1.29 is 4.74 Å². The molecule has 19 heavy (non-hydrogen) atoms. The van der Waals surface area contributed by atoms with Crippen LogP contribution in [0.25, 0.3) is 10.9 Å². The number of nitrogens with one attached hydrogen (secondary N) is 1. The second-order valence-electron chi connectivity index (χ2n) is 4.69. The maximum Gasteiger partial charge on any atom is 0.263 e. The fourth-order valence-electron chi connectivity index (χ4n) is 2.42. The highest BCUT2D eigenvalue weighted by atomic mass is 79.9. The highest BCUT2D eigenvalue weighted by molar-refractivity contribution is 9.10. The van der Waals surface area contributed by atoms with Gasteiger partial charge in [0.05, 0.1) is 18.0 Å². The van der Waals surface area contributed by atoms with Crippen molar-refractivity contribution in [1.29, 1.82) is 0 Å². The molecule has 0 bridgehead atoms. The Kier molecular flexibility index (Phi) is 3.22. The van der Waals surface area contributed by atoms with Gasteiger partial charge in [-0.3, -0.25) is 9.36 Å². The predicted molar refractivity (Wildman–Crippen MR) is 80.5 cm³/mol. The molecule has 0 atom stereocenters. The van der Waals surface area contributed by atoms with E-state index in [4.69, 9.17) is 17.0 Å². The molecule has 1 aromatic heterocycles. The largest absolute Gasteiger partial charge is 0.495 e. The normalized spacial score (nSPS) is 15.5. The number of benzene rings is 1. The summed E-state index contributed by atoms with van der Waals surface area (Å²) in [4.78, 5) is 15.8. The number of ether oxygens (including phenoxy) is 1. The summed E-state index contributed by atoms with van der Waals surface area (Å²) in [5.41, 5.74) is 0.608. The molecular weight excluding hydrogens is 328 g/mol. The monoisotopic (exact) mass is 340 g/mol. The zero-order chi connectivity index (χ0) is 13.6. The molecule has 0 amide bonds. The van der Waals surface area contributed by atoms with Gasteiger partial charge in [0.1, 0.15) is 5.75 Å². The maximum atomic E-state index is 12.7. The summed E-state index contributed by atoms with van der Waals surface area (Å²) in [6, 6.07) is 3.87. The van der Waals surface area contributed by atoms with E-state index in [0.29, 0.717) is 21.4 Å². The molecule has 0 radical (unpaired) electrons. The van der Waals surface area contributed by atoms with E-state index in [1.54, 1.807) is 11.7 Å². The van der Waals surface area contributed by atoms with Gasteiger partial charge in [-0.15, -0.1) is 0 Å². The zero-order valence-corrected chi connectivity index (χ0v) is 12.8. The number of aromatic nitrogens is 2. The average Bonchev–Trinajstić information content (AvgIpc) is 2.32. The number of fused-ring (bicyclic) bond motifs is 1. The van der Waals surface area contributed by atoms with Crippen LogP contribution in [0.5, 0.6) is 5.75 Å². The third-order valence-electron chi connectivity index (χ3n) is 3.66. The molecule has 0 spiro atoms. The summed E-state index contributed by atoms with van der Waals surface area (Å²) >= 11 is 8.77. The number of H-pyrrole nitrogens is 1. The van der Waals surface area contributed by atoms with E-state index in [2.05, 4.69) is 20.9 Å². The van der Waals surface area contributed by atoms with Crippen molar-refractivity contribution in [2.24, 2.45) is 0 Å². The molecule has 1 saturated carbocycles. The fraction of sp³-hybridized carbons (Fsp3) is 0.385. The van der Waals surface area contributed by atoms with Crippen LogP contribution in [0.4, 0.5) is 0 Å². The van der Waals surface area contributed by atoms with Crippen molar-refractivity contribution in [1.82, 2.24) is 9.55 Å². The first-order chi connectivity index (χ1) is 9.13. The SMILES string of the molecule is COc1ccc(Br)c2c(=O)n(C3CCC3)c(=S)[nH]c12. The standard InChI is InChI=1S/C13H13BrN2O2S/c1-18-9-6-5-8(14)10-11(9)15-13(19)16(12(10)17)7-3-2-4-7/h5-7H,2-4H2,1H3,(H,15,19). The van der Waals surface area contributed by atoms with Gasteiger partial charge in [0.25, 0.3) is 5.56 Å². The van der Waals surface area contributed by atoms with Crippen molar-refractivity contribution in [2.75, 3.05) is 7.11 Å². The van der Waals surface area contributed by atoms with Crippen LogP contribution in [0.15, 0.2) is 21.4 Å². The van der Waals surface area contributed by atoms with E-state index in [9.17, 15) is 4.79 Å². The van der Waals surface area contributed by atoms with Crippen LogP contribution in [0, 0.1) is 4.77 Å². The Morgan fingerprint density at radius 2 is 2.21 bits per heavy atom. The van der Waals surface area contributed by atoms with Gasteiger partial charge in [0, 0.05) is 10.5 Å². The molecule has 1 heterocycles. The van der Waals surface area contributed by atoms with Crippen molar-refractivity contribution in [3.63, 3.8) is 0 Å². The number of rotatable bonds is 2. The molecule has 0 saturated heterocycles. The Hall–Kier alpha value is -1.14. The quantitative estimate of drug-likeness (QED) is 0.850.